The Kier molecular flexibility index (Phi) is 4.36. The van der Waals surface area contributed by atoms with Crippen LogP contribution in [-0.4, -0.2) is 77.7 Å². The number of urea groups is 1. The molecule has 1 aliphatic carbocycles. The second kappa shape index (κ2) is 6.55. The minimum Gasteiger partial charge on any atom is -0.342 e. The van der Waals surface area contributed by atoms with Crippen LogP contribution in [0.25, 0.3) is 0 Å². The fourth-order valence-corrected chi connectivity index (χ4v) is 4.65. The molecule has 1 saturated carbocycles. The zero-order valence-electron chi connectivity index (χ0n) is 15.0. The lowest BCUT2D eigenvalue weighted by atomic mass is 9.77. The second-order valence-electron chi connectivity index (χ2n) is 8.21. The topological polar surface area (TPSA) is 90.0 Å². The van der Waals surface area contributed by atoms with E-state index in [2.05, 4.69) is 5.32 Å². The van der Waals surface area contributed by atoms with Crippen LogP contribution in [0.15, 0.2) is 0 Å². The van der Waals surface area contributed by atoms with E-state index >= 15 is 0 Å². The molecule has 26 heavy (non-hydrogen) atoms. The van der Waals surface area contributed by atoms with Gasteiger partial charge < -0.3 is 14.7 Å². The Labute approximate surface area is 152 Å². The highest BCUT2D eigenvalue weighted by Crippen LogP contribution is 2.41. The molecule has 1 unspecified atom stereocenters. The third-order valence-corrected chi connectivity index (χ3v) is 6.43. The molecule has 142 valence electrons. The molecule has 1 N–H and O–H groups in total. The number of nitrogens with zero attached hydrogens (tertiary/aromatic N) is 3. The second-order valence-corrected chi connectivity index (χ2v) is 8.21. The number of hydrogen-bond donors (Lipinski definition) is 1. The number of carbonyl (C=O) groups is 4. The summed E-state index contributed by atoms with van der Waals surface area (Å²) in [5.74, 6) is 0.296. The number of imide groups is 1. The zero-order chi connectivity index (χ0) is 18.3. The van der Waals surface area contributed by atoms with Gasteiger partial charge in [-0.25, -0.2) is 4.79 Å². The third kappa shape index (κ3) is 3.05. The molecule has 0 aromatic carbocycles. The van der Waals surface area contributed by atoms with Gasteiger partial charge in [0.25, 0.3) is 0 Å². The number of likely N-dealkylation sites (tertiary alicyclic amines) is 2. The predicted molar refractivity (Wildman–Crippen MR) is 91.9 cm³/mol. The molecule has 1 atom stereocenters. The Morgan fingerprint density at radius 2 is 1.88 bits per heavy atom. The van der Waals surface area contributed by atoms with E-state index in [0.717, 1.165) is 25.9 Å². The van der Waals surface area contributed by atoms with Gasteiger partial charge in [-0.2, -0.15) is 0 Å². The van der Waals surface area contributed by atoms with Crippen LogP contribution in [0.1, 0.15) is 38.5 Å². The summed E-state index contributed by atoms with van der Waals surface area (Å²) >= 11 is 0. The molecule has 0 radical (unpaired) electrons. The summed E-state index contributed by atoms with van der Waals surface area (Å²) in [6.07, 6.45) is 6.23. The summed E-state index contributed by atoms with van der Waals surface area (Å²) in [6, 6.07) is -0.516. The van der Waals surface area contributed by atoms with Gasteiger partial charge in [0.1, 0.15) is 13.1 Å². The lowest BCUT2D eigenvalue weighted by Crippen LogP contribution is -2.52. The maximum atomic E-state index is 13.1. The molecule has 4 fully saturated rings. The highest BCUT2D eigenvalue weighted by atomic mass is 16.2. The van der Waals surface area contributed by atoms with E-state index in [4.69, 9.17) is 0 Å². The van der Waals surface area contributed by atoms with Gasteiger partial charge in [-0.1, -0.05) is 6.42 Å². The predicted octanol–water partition coefficient (Wildman–Crippen LogP) is 0.179. The molecule has 3 saturated heterocycles. The van der Waals surface area contributed by atoms with Crippen molar-refractivity contribution in [3.8, 4) is 0 Å². The van der Waals surface area contributed by atoms with Crippen molar-refractivity contribution in [2.75, 3.05) is 39.3 Å². The van der Waals surface area contributed by atoms with Crippen molar-refractivity contribution < 1.29 is 19.2 Å². The zero-order valence-corrected chi connectivity index (χ0v) is 15.0. The van der Waals surface area contributed by atoms with Crippen LogP contribution in [0, 0.1) is 11.3 Å². The first kappa shape index (κ1) is 17.3. The molecule has 4 aliphatic rings. The van der Waals surface area contributed by atoms with Crippen molar-refractivity contribution in [3.63, 3.8) is 0 Å². The van der Waals surface area contributed by atoms with Crippen LogP contribution in [0.4, 0.5) is 4.79 Å². The molecule has 8 nitrogen and oxygen atoms in total. The van der Waals surface area contributed by atoms with Crippen molar-refractivity contribution in [2.45, 2.75) is 38.5 Å². The summed E-state index contributed by atoms with van der Waals surface area (Å²) in [5.41, 5.74) is -0.444. The van der Waals surface area contributed by atoms with Gasteiger partial charge in [0.15, 0.2) is 0 Å². The van der Waals surface area contributed by atoms with Crippen LogP contribution in [0.2, 0.25) is 0 Å². The molecule has 0 bridgehead atoms. The van der Waals surface area contributed by atoms with E-state index in [-0.39, 0.29) is 30.8 Å². The van der Waals surface area contributed by atoms with Gasteiger partial charge in [0.2, 0.25) is 17.7 Å². The summed E-state index contributed by atoms with van der Waals surface area (Å²) in [7, 11) is 0. The smallest absolute Gasteiger partial charge is 0.325 e. The molecule has 3 aliphatic heterocycles. The quantitative estimate of drug-likeness (QED) is 0.723. The summed E-state index contributed by atoms with van der Waals surface area (Å²) < 4.78 is 0. The first-order chi connectivity index (χ1) is 12.5. The van der Waals surface area contributed by atoms with Crippen LogP contribution >= 0.6 is 0 Å². The van der Waals surface area contributed by atoms with Gasteiger partial charge in [-0.05, 0) is 38.0 Å². The number of nitrogens with one attached hydrogen (secondary N) is 1. The Balaban J connectivity index is 1.37. The Morgan fingerprint density at radius 1 is 1.08 bits per heavy atom. The van der Waals surface area contributed by atoms with E-state index < -0.39 is 11.4 Å². The first-order valence-corrected chi connectivity index (χ1v) is 9.63. The summed E-state index contributed by atoms with van der Waals surface area (Å²) in [4.78, 5) is 53.5. The molecule has 8 heteroatoms. The maximum absolute atomic E-state index is 13.1. The monoisotopic (exact) mass is 362 g/mol. The minimum absolute atomic E-state index is 0.0718. The van der Waals surface area contributed by atoms with Gasteiger partial charge >= 0.3 is 6.03 Å². The van der Waals surface area contributed by atoms with Crippen molar-refractivity contribution >= 4 is 23.8 Å². The molecule has 5 amide bonds. The SMILES string of the molecule is O=C1CN(CC(=O)N2CCC3(CCCN(CC4CCC4)C3=O)C2)C(=O)N1. The standard InChI is InChI=1S/C18H26N4O4/c23-14-10-22(17(26)19-14)11-15(24)21-8-6-18(12-21)5-2-7-20(16(18)25)9-13-3-1-4-13/h13H,1-12H2,(H,19,23,26). The third-order valence-electron chi connectivity index (χ3n) is 6.43. The molecule has 1 spiro atoms. The van der Waals surface area contributed by atoms with Crippen LogP contribution in [-0.2, 0) is 14.4 Å². The first-order valence-electron chi connectivity index (χ1n) is 9.63. The number of piperidine rings is 1. The van der Waals surface area contributed by atoms with E-state index in [1.54, 1.807) is 4.90 Å². The number of amides is 5. The van der Waals surface area contributed by atoms with Crippen LogP contribution in [0.3, 0.4) is 0 Å². The average molecular weight is 362 g/mol. The lowest BCUT2D eigenvalue weighted by molar-refractivity contribution is -0.147. The lowest BCUT2D eigenvalue weighted by Gasteiger charge is -2.42. The fraction of sp³-hybridized carbons (Fsp3) is 0.778. The minimum atomic E-state index is -0.516. The fourth-order valence-electron chi connectivity index (χ4n) is 4.65. The highest BCUT2D eigenvalue weighted by Gasteiger charge is 2.50. The van der Waals surface area contributed by atoms with Crippen molar-refractivity contribution in [1.82, 2.24) is 20.0 Å². The molecular weight excluding hydrogens is 336 g/mol. The molecule has 3 heterocycles. The summed E-state index contributed by atoms with van der Waals surface area (Å²) in [5, 5.41) is 2.18. The number of hydrogen-bond acceptors (Lipinski definition) is 4. The van der Waals surface area contributed by atoms with Crippen molar-refractivity contribution in [1.29, 1.82) is 0 Å². The Hall–Kier alpha value is -2.12. The molecular formula is C18H26N4O4. The van der Waals surface area contributed by atoms with E-state index in [1.807, 2.05) is 4.90 Å². The van der Waals surface area contributed by atoms with Gasteiger partial charge in [0, 0.05) is 26.2 Å². The van der Waals surface area contributed by atoms with Gasteiger partial charge in [-0.3, -0.25) is 19.7 Å². The Bertz CT molecular complexity index is 647. The van der Waals surface area contributed by atoms with Gasteiger partial charge in [0.05, 0.1) is 5.41 Å². The summed E-state index contributed by atoms with van der Waals surface area (Å²) in [6.45, 7) is 2.51. The van der Waals surface area contributed by atoms with E-state index in [9.17, 15) is 19.2 Å². The van der Waals surface area contributed by atoms with E-state index in [0.29, 0.717) is 25.4 Å². The normalized spacial score (nSPS) is 29.5. The van der Waals surface area contributed by atoms with Crippen molar-refractivity contribution in [2.24, 2.45) is 11.3 Å². The maximum Gasteiger partial charge on any atom is 0.325 e. The highest BCUT2D eigenvalue weighted by molar-refractivity contribution is 6.03. The molecule has 0 aromatic heterocycles. The van der Waals surface area contributed by atoms with Crippen LogP contribution in [0.5, 0.6) is 0 Å². The van der Waals surface area contributed by atoms with E-state index in [1.165, 1.54) is 24.2 Å². The van der Waals surface area contributed by atoms with Gasteiger partial charge in [-0.15, -0.1) is 0 Å². The van der Waals surface area contributed by atoms with Crippen molar-refractivity contribution in [3.05, 3.63) is 0 Å². The molecule has 0 aromatic rings. The number of carbonyl (C=O) groups excluding carboxylic acids is 4. The number of rotatable bonds is 4. The average Bonchev–Trinajstić information content (AvgIpc) is 3.12. The Morgan fingerprint density at radius 3 is 2.54 bits per heavy atom. The molecule has 4 rings (SSSR count). The largest absolute Gasteiger partial charge is 0.342 e. The van der Waals surface area contributed by atoms with Crippen LogP contribution < -0.4 is 5.32 Å².